The third kappa shape index (κ3) is 6.38. The smallest absolute Gasteiger partial charge is 0.356 e. The van der Waals surface area contributed by atoms with Crippen molar-refractivity contribution in [3.63, 3.8) is 0 Å². The van der Waals surface area contributed by atoms with Crippen molar-refractivity contribution in [1.29, 1.82) is 0 Å². The Morgan fingerprint density at radius 3 is 2.27 bits per heavy atom. The van der Waals surface area contributed by atoms with E-state index in [1.165, 1.54) is 18.2 Å². The number of morpholine rings is 1. The molecule has 2 aliphatic rings. The molecule has 2 fully saturated rings. The Morgan fingerprint density at radius 1 is 0.970 bits per heavy atom. The Bertz CT molecular complexity index is 902. The van der Waals surface area contributed by atoms with E-state index < -0.39 is 5.97 Å². The van der Waals surface area contributed by atoms with E-state index in [-0.39, 0.29) is 0 Å². The van der Waals surface area contributed by atoms with Gasteiger partial charge in [0.15, 0.2) is 0 Å². The van der Waals surface area contributed by atoms with Crippen LogP contribution in [0.2, 0.25) is 0 Å². The molecule has 178 valence electrons. The highest BCUT2D eigenvalue weighted by molar-refractivity contribution is 5.86. The lowest BCUT2D eigenvalue weighted by Crippen LogP contribution is -2.55. The molecule has 3 heterocycles. The summed E-state index contributed by atoms with van der Waals surface area (Å²) in [6.45, 7) is 13.2. The topological polar surface area (TPSA) is 58.1 Å². The summed E-state index contributed by atoms with van der Waals surface area (Å²) < 4.78 is 10.2. The van der Waals surface area contributed by atoms with Crippen molar-refractivity contribution in [2.45, 2.75) is 45.6 Å². The molecular weight excluding hydrogens is 416 g/mol. The van der Waals surface area contributed by atoms with Crippen LogP contribution in [0, 0.1) is 0 Å². The number of pyridine rings is 1. The summed E-state index contributed by atoms with van der Waals surface area (Å²) in [5.74, 6) is -0.397. The molecule has 0 unspecified atom stereocenters. The van der Waals surface area contributed by atoms with Crippen molar-refractivity contribution < 1.29 is 14.3 Å². The first-order chi connectivity index (χ1) is 16.0. The largest absolute Gasteiger partial charge is 0.464 e. The third-order valence-electron chi connectivity index (χ3n) is 6.67. The number of carbonyl (C=O) groups excluding carboxylic acids is 1. The summed E-state index contributed by atoms with van der Waals surface area (Å²) in [6, 6.07) is 13.7. The van der Waals surface area contributed by atoms with Gasteiger partial charge in [-0.15, -0.1) is 0 Å². The normalized spacial score (nSPS) is 22.9. The fraction of sp³-hybridized carbons (Fsp3) is 0.538. The van der Waals surface area contributed by atoms with Crippen LogP contribution in [-0.4, -0.2) is 84.2 Å². The van der Waals surface area contributed by atoms with Gasteiger partial charge >= 0.3 is 5.97 Å². The fourth-order valence-electron chi connectivity index (χ4n) is 4.96. The first-order valence-electron chi connectivity index (χ1n) is 11.9. The van der Waals surface area contributed by atoms with Gasteiger partial charge in [0, 0.05) is 64.1 Å². The average Bonchev–Trinajstić information content (AvgIpc) is 2.82. The molecule has 4 rings (SSSR count). The molecule has 0 N–H and O–H groups in total. The maximum absolute atomic E-state index is 11.6. The number of hydrogen-bond acceptors (Lipinski definition) is 7. The molecule has 1 aromatic heterocycles. The second-order valence-corrected chi connectivity index (χ2v) is 9.32. The first kappa shape index (κ1) is 23.8. The van der Waals surface area contributed by atoms with Crippen LogP contribution in [0.25, 0.3) is 0 Å². The van der Waals surface area contributed by atoms with Crippen molar-refractivity contribution >= 4 is 5.97 Å². The molecule has 2 saturated heterocycles. The molecule has 0 saturated carbocycles. The van der Waals surface area contributed by atoms with Crippen LogP contribution in [-0.2, 0) is 29.1 Å². The van der Waals surface area contributed by atoms with Crippen LogP contribution < -0.4 is 0 Å². The van der Waals surface area contributed by atoms with E-state index in [0.717, 1.165) is 64.6 Å². The highest BCUT2D eigenvalue weighted by atomic mass is 16.5. The highest BCUT2D eigenvalue weighted by Gasteiger charge is 2.29. The summed E-state index contributed by atoms with van der Waals surface area (Å²) in [7, 11) is 1.38. The Hall–Kier alpha value is -2.32. The van der Waals surface area contributed by atoms with Crippen LogP contribution in [0.15, 0.2) is 42.6 Å². The van der Waals surface area contributed by atoms with Gasteiger partial charge in [-0.3, -0.25) is 14.7 Å². The number of rotatable bonds is 7. The third-order valence-corrected chi connectivity index (χ3v) is 6.67. The maximum Gasteiger partial charge on any atom is 0.356 e. The quantitative estimate of drug-likeness (QED) is 0.599. The lowest BCUT2D eigenvalue weighted by molar-refractivity contribution is 0.0287. The minimum atomic E-state index is -0.397. The zero-order chi connectivity index (χ0) is 23.2. The van der Waals surface area contributed by atoms with Crippen LogP contribution in [0.4, 0.5) is 0 Å². The van der Waals surface area contributed by atoms with E-state index in [1.807, 2.05) is 6.07 Å². The molecule has 33 heavy (non-hydrogen) atoms. The minimum Gasteiger partial charge on any atom is -0.464 e. The van der Waals surface area contributed by atoms with Gasteiger partial charge in [0.2, 0.25) is 0 Å². The van der Waals surface area contributed by atoms with Gasteiger partial charge in [0.25, 0.3) is 0 Å². The molecule has 0 aliphatic carbocycles. The van der Waals surface area contributed by atoms with Crippen molar-refractivity contribution in [2.24, 2.45) is 0 Å². The summed E-state index contributed by atoms with van der Waals surface area (Å²) in [5.41, 5.74) is 4.24. The van der Waals surface area contributed by atoms with E-state index >= 15 is 0 Å². The second kappa shape index (κ2) is 11.2. The summed E-state index contributed by atoms with van der Waals surface area (Å²) >= 11 is 0. The molecule has 0 spiro atoms. The Kier molecular flexibility index (Phi) is 8.09. The molecule has 2 aromatic rings. The number of hydrogen-bond donors (Lipinski definition) is 0. The monoisotopic (exact) mass is 452 g/mol. The molecular formula is C26H36N4O3. The van der Waals surface area contributed by atoms with Crippen molar-refractivity contribution in [3.8, 4) is 0 Å². The number of carbonyl (C=O) groups is 1. The number of methoxy groups -OCH3 is 1. The van der Waals surface area contributed by atoms with E-state index in [4.69, 9.17) is 9.47 Å². The van der Waals surface area contributed by atoms with Crippen molar-refractivity contribution in [2.75, 3.05) is 46.5 Å². The van der Waals surface area contributed by atoms with Crippen LogP contribution in [0.3, 0.4) is 0 Å². The van der Waals surface area contributed by atoms with Gasteiger partial charge in [-0.25, -0.2) is 9.78 Å². The van der Waals surface area contributed by atoms with Gasteiger partial charge in [-0.05, 0) is 36.6 Å². The molecule has 2 atom stereocenters. The lowest BCUT2D eigenvalue weighted by Gasteiger charge is -2.44. The molecule has 2 aliphatic heterocycles. The zero-order valence-corrected chi connectivity index (χ0v) is 20.1. The summed E-state index contributed by atoms with van der Waals surface area (Å²) in [5, 5.41) is 0. The van der Waals surface area contributed by atoms with Crippen LogP contribution >= 0.6 is 0 Å². The number of ether oxygens (including phenoxy) is 2. The molecule has 0 bridgehead atoms. The maximum atomic E-state index is 11.6. The van der Waals surface area contributed by atoms with E-state index in [0.29, 0.717) is 17.8 Å². The van der Waals surface area contributed by atoms with E-state index in [1.54, 1.807) is 12.3 Å². The molecule has 0 radical (unpaired) electrons. The summed E-state index contributed by atoms with van der Waals surface area (Å²) in [4.78, 5) is 23.4. The number of benzene rings is 1. The van der Waals surface area contributed by atoms with Gasteiger partial charge in [-0.1, -0.05) is 30.3 Å². The lowest BCUT2D eigenvalue weighted by atomic mass is 10.0. The first-order valence-corrected chi connectivity index (χ1v) is 11.9. The van der Waals surface area contributed by atoms with Gasteiger partial charge in [0.05, 0.1) is 20.3 Å². The van der Waals surface area contributed by atoms with Crippen LogP contribution in [0.1, 0.15) is 41.0 Å². The number of piperazine rings is 1. The predicted molar refractivity (Wildman–Crippen MR) is 128 cm³/mol. The predicted octanol–water partition coefficient (Wildman–Crippen LogP) is 2.80. The minimum absolute atomic E-state index is 0.351. The zero-order valence-electron chi connectivity index (χ0n) is 20.1. The highest BCUT2D eigenvalue weighted by Crippen LogP contribution is 2.21. The Morgan fingerprint density at radius 2 is 1.64 bits per heavy atom. The second-order valence-electron chi connectivity index (χ2n) is 9.32. The van der Waals surface area contributed by atoms with Gasteiger partial charge in [0.1, 0.15) is 5.69 Å². The summed E-state index contributed by atoms with van der Waals surface area (Å²) in [6.07, 6.45) is 1.79. The number of nitrogens with zero attached hydrogens (tertiary/aromatic N) is 4. The van der Waals surface area contributed by atoms with Gasteiger partial charge in [-0.2, -0.15) is 0 Å². The average molecular weight is 453 g/mol. The molecule has 0 amide bonds. The standard InChI is InChI=1S/C26H36N4O3/c1-20-15-29(18-24-7-8-25(27-14-24)26(31)32-3)16-21(2)30(20)19-23-6-4-5-22(13-23)17-28-9-11-33-12-10-28/h4-8,13-14,20-21H,9-12,15-19H2,1-3H3/t20-,21+. The Balaban J connectivity index is 1.32. The van der Waals surface area contributed by atoms with Crippen molar-refractivity contribution in [1.82, 2.24) is 19.7 Å². The Labute approximate surface area is 197 Å². The van der Waals surface area contributed by atoms with E-state index in [9.17, 15) is 4.79 Å². The fourth-order valence-corrected chi connectivity index (χ4v) is 4.96. The molecule has 7 heteroatoms. The number of aromatic nitrogens is 1. The molecule has 1 aromatic carbocycles. The van der Waals surface area contributed by atoms with E-state index in [2.05, 4.69) is 57.8 Å². The molecule has 7 nitrogen and oxygen atoms in total. The van der Waals surface area contributed by atoms with Gasteiger partial charge < -0.3 is 9.47 Å². The van der Waals surface area contributed by atoms with Crippen molar-refractivity contribution in [3.05, 3.63) is 65.0 Å². The number of esters is 1. The van der Waals surface area contributed by atoms with Crippen LogP contribution in [0.5, 0.6) is 0 Å². The SMILES string of the molecule is COC(=O)c1ccc(CN2C[C@@H](C)N(Cc3cccc(CN4CCOCC4)c3)[C@@H](C)C2)cn1.